The van der Waals surface area contributed by atoms with E-state index in [-0.39, 0.29) is 12.4 Å². The van der Waals surface area contributed by atoms with Crippen molar-refractivity contribution in [2.24, 2.45) is 5.10 Å². The third kappa shape index (κ3) is 4.99. The molecule has 1 amide bonds. The van der Waals surface area contributed by atoms with Crippen LogP contribution < -0.4 is 14.9 Å². The van der Waals surface area contributed by atoms with Crippen molar-refractivity contribution in [3.63, 3.8) is 0 Å². The van der Waals surface area contributed by atoms with E-state index < -0.39 is 5.91 Å². The third-order valence-electron chi connectivity index (χ3n) is 3.06. The van der Waals surface area contributed by atoms with E-state index in [1.165, 1.54) is 13.3 Å². The van der Waals surface area contributed by atoms with Crippen molar-refractivity contribution in [2.75, 3.05) is 13.7 Å². The highest BCUT2D eigenvalue weighted by Crippen LogP contribution is 2.30. The van der Waals surface area contributed by atoms with Crippen molar-refractivity contribution < 1.29 is 19.4 Å². The van der Waals surface area contributed by atoms with Gasteiger partial charge in [-0.1, -0.05) is 27.6 Å². The maximum absolute atomic E-state index is 11.8. The highest BCUT2D eigenvalue weighted by molar-refractivity contribution is 9.10. The fourth-order valence-electron chi connectivity index (χ4n) is 1.89. The Morgan fingerprint density at radius 1 is 1.29 bits per heavy atom. The number of phenols is 1. The highest BCUT2D eigenvalue weighted by atomic mass is 79.9. The van der Waals surface area contributed by atoms with Gasteiger partial charge in [-0.25, -0.2) is 5.43 Å². The lowest BCUT2D eigenvalue weighted by atomic mass is 10.1. The van der Waals surface area contributed by atoms with E-state index in [0.29, 0.717) is 17.1 Å². The van der Waals surface area contributed by atoms with Gasteiger partial charge in [0.2, 0.25) is 0 Å². The van der Waals surface area contributed by atoms with E-state index in [0.717, 1.165) is 10.0 Å². The van der Waals surface area contributed by atoms with Crippen LogP contribution in [0.3, 0.4) is 0 Å². The molecule has 2 rings (SSSR count). The van der Waals surface area contributed by atoms with Crippen LogP contribution in [-0.2, 0) is 4.79 Å². The Morgan fingerprint density at radius 3 is 2.83 bits per heavy atom. The summed E-state index contributed by atoms with van der Waals surface area (Å²) in [5.74, 6) is 0.638. The summed E-state index contributed by atoms with van der Waals surface area (Å²) >= 11 is 3.33. The second-order valence-corrected chi connectivity index (χ2v) is 5.85. The number of carbonyl (C=O) groups is 1. The zero-order valence-corrected chi connectivity index (χ0v) is 14.8. The number of carbonyl (C=O) groups excluding carboxylic acids is 1. The smallest absolute Gasteiger partial charge is 0.277 e. The number of methoxy groups -OCH3 is 1. The molecule has 0 bridgehead atoms. The van der Waals surface area contributed by atoms with Gasteiger partial charge in [-0.15, -0.1) is 0 Å². The minimum absolute atomic E-state index is 0.0921. The Morgan fingerprint density at radius 2 is 2.08 bits per heavy atom. The van der Waals surface area contributed by atoms with E-state index in [4.69, 9.17) is 9.47 Å². The number of nitrogens with one attached hydrogen (secondary N) is 1. The number of amides is 1. The summed E-state index contributed by atoms with van der Waals surface area (Å²) in [6, 6.07) is 10.3. The molecule has 0 fully saturated rings. The van der Waals surface area contributed by atoms with E-state index in [2.05, 4.69) is 26.5 Å². The van der Waals surface area contributed by atoms with E-state index in [1.54, 1.807) is 36.4 Å². The molecule has 0 radical (unpaired) electrons. The number of aromatic hydroxyl groups is 1. The first-order chi connectivity index (χ1) is 11.5. The van der Waals surface area contributed by atoms with Crippen LogP contribution in [0.4, 0.5) is 0 Å². The summed E-state index contributed by atoms with van der Waals surface area (Å²) in [4.78, 5) is 11.8. The first-order valence-electron chi connectivity index (χ1n) is 7.07. The quantitative estimate of drug-likeness (QED) is 0.584. The summed E-state index contributed by atoms with van der Waals surface area (Å²) in [6.07, 6.45) is 1.38. The van der Waals surface area contributed by atoms with Crippen LogP contribution in [0.15, 0.2) is 46.0 Å². The van der Waals surface area contributed by atoms with Crippen LogP contribution in [0, 0.1) is 6.92 Å². The summed E-state index contributed by atoms with van der Waals surface area (Å²) in [6.45, 7) is 1.68. The van der Waals surface area contributed by atoms with Gasteiger partial charge in [0.05, 0.1) is 13.3 Å². The molecular formula is C17H17BrN2O4. The zero-order valence-electron chi connectivity index (χ0n) is 13.2. The summed E-state index contributed by atoms with van der Waals surface area (Å²) < 4.78 is 11.4. The number of phenolic OH excluding ortho intramolecular Hbond substituents is 1. The fraction of sp³-hybridized carbons (Fsp3) is 0.176. The number of aryl methyl sites for hydroxylation is 1. The lowest BCUT2D eigenvalue weighted by molar-refractivity contribution is -0.123. The lowest BCUT2D eigenvalue weighted by Gasteiger charge is -2.10. The van der Waals surface area contributed by atoms with E-state index in [1.807, 2.05) is 6.92 Å². The number of hydrogen-bond acceptors (Lipinski definition) is 5. The lowest BCUT2D eigenvalue weighted by Crippen LogP contribution is -2.24. The summed E-state index contributed by atoms with van der Waals surface area (Å²) in [7, 11) is 1.52. The summed E-state index contributed by atoms with van der Waals surface area (Å²) in [5.41, 5.74) is 3.84. The Bertz CT molecular complexity index is 762. The summed E-state index contributed by atoms with van der Waals surface area (Å²) in [5, 5.41) is 13.5. The van der Waals surface area contributed by atoms with Crippen molar-refractivity contribution in [1.82, 2.24) is 5.43 Å². The Balaban J connectivity index is 1.90. The normalized spacial score (nSPS) is 10.6. The molecule has 126 valence electrons. The van der Waals surface area contributed by atoms with Gasteiger partial charge >= 0.3 is 0 Å². The fourth-order valence-corrected chi connectivity index (χ4v) is 2.23. The average Bonchev–Trinajstić information content (AvgIpc) is 2.56. The predicted octanol–water partition coefficient (Wildman–Crippen LogP) is 3.00. The Hall–Kier alpha value is -2.54. The van der Waals surface area contributed by atoms with Gasteiger partial charge in [0, 0.05) is 10.0 Å². The largest absolute Gasteiger partial charge is 0.507 e. The van der Waals surface area contributed by atoms with Gasteiger partial charge in [0.15, 0.2) is 18.1 Å². The highest BCUT2D eigenvalue weighted by Gasteiger charge is 2.07. The maximum Gasteiger partial charge on any atom is 0.277 e. The third-order valence-corrected chi connectivity index (χ3v) is 3.55. The Labute approximate surface area is 148 Å². The predicted molar refractivity (Wildman–Crippen MR) is 94.8 cm³/mol. The number of nitrogens with zero attached hydrogens (tertiary/aromatic N) is 1. The van der Waals surface area contributed by atoms with Gasteiger partial charge in [-0.05, 0) is 37.3 Å². The molecule has 0 aliphatic heterocycles. The number of benzene rings is 2. The SMILES string of the molecule is COc1cc(Br)ccc1OCC(=O)N/N=C\c1cc(C)ccc1O. The van der Waals surface area contributed by atoms with Gasteiger partial charge in [0.25, 0.3) is 5.91 Å². The van der Waals surface area contributed by atoms with Crippen molar-refractivity contribution in [3.05, 3.63) is 52.0 Å². The zero-order chi connectivity index (χ0) is 17.5. The van der Waals surface area contributed by atoms with Crippen molar-refractivity contribution in [2.45, 2.75) is 6.92 Å². The van der Waals surface area contributed by atoms with Crippen LogP contribution >= 0.6 is 15.9 Å². The molecule has 0 saturated carbocycles. The second kappa shape index (κ2) is 8.35. The van der Waals surface area contributed by atoms with Gasteiger partial charge in [-0.3, -0.25) is 4.79 Å². The number of ether oxygens (including phenoxy) is 2. The molecule has 7 heteroatoms. The topological polar surface area (TPSA) is 80.2 Å². The van der Waals surface area contributed by atoms with Crippen LogP contribution in [0.5, 0.6) is 17.2 Å². The number of hydrazone groups is 1. The average molecular weight is 393 g/mol. The van der Waals surface area contributed by atoms with Crippen molar-refractivity contribution in [3.8, 4) is 17.2 Å². The molecule has 2 aromatic rings. The van der Waals surface area contributed by atoms with Crippen molar-refractivity contribution >= 4 is 28.1 Å². The Kier molecular flexibility index (Phi) is 6.20. The van der Waals surface area contributed by atoms with Gasteiger partial charge in [-0.2, -0.15) is 5.10 Å². The molecule has 0 spiro atoms. The minimum Gasteiger partial charge on any atom is -0.507 e. The number of halogens is 1. The maximum atomic E-state index is 11.8. The molecule has 0 atom stereocenters. The first-order valence-corrected chi connectivity index (χ1v) is 7.86. The molecule has 2 aromatic carbocycles. The standard InChI is InChI=1S/C17H17BrN2O4/c1-11-3-5-14(21)12(7-11)9-19-20-17(22)10-24-15-6-4-13(18)8-16(15)23-2/h3-9,21H,10H2,1-2H3,(H,20,22)/b19-9-. The molecule has 0 unspecified atom stereocenters. The number of rotatable bonds is 6. The van der Waals surface area contributed by atoms with E-state index >= 15 is 0 Å². The molecule has 24 heavy (non-hydrogen) atoms. The van der Waals surface area contributed by atoms with Gasteiger partial charge < -0.3 is 14.6 Å². The van der Waals surface area contributed by atoms with Gasteiger partial charge in [0.1, 0.15) is 5.75 Å². The molecule has 0 aromatic heterocycles. The molecule has 2 N–H and O–H groups in total. The first kappa shape index (κ1) is 17.8. The minimum atomic E-state index is -0.427. The monoisotopic (exact) mass is 392 g/mol. The van der Waals surface area contributed by atoms with Crippen molar-refractivity contribution in [1.29, 1.82) is 0 Å². The molecule has 6 nitrogen and oxygen atoms in total. The van der Waals surface area contributed by atoms with Crippen LogP contribution in [0.2, 0.25) is 0 Å². The van der Waals surface area contributed by atoms with Crippen LogP contribution in [0.25, 0.3) is 0 Å². The number of hydrogen-bond donors (Lipinski definition) is 2. The van der Waals surface area contributed by atoms with Crippen LogP contribution in [-0.4, -0.2) is 30.9 Å². The molecule has 0 aliphatic rings. The molecule has 0 heterocycles. The molecule has 0 aliphatic carbocycles. The van der Waals surface area contributed by atoms with Crippen LogP contribution in [0.1, 0.15) is 11.1 Å². The second-order valence-electron chi connectivity index (χ2n) is 4.94. The molecule has 0 saturated heterocycles. The molecular weight excluding hydrogens is 376 g/mol. The van der Waals surface area contributed by atoms with E-state index in [9.17, 15) is 9.90 Å².